The molecule has 3 N–H and O–H groups in total. The lowest BCUT2D eigenvalue weighted by molar-refractivity contribution is 0.135. The van der Waals surface area contributed by atoms with E-state index in [1.807, 2.05) is 31.2 Å². The minimum absolute atomic E-state index is 0.274. The zero-order chi connectivity index (χ0) is 24.9. The molecule has 3 heterocycles. The SMILES string of the molecule is Cc1nc(-n2nc(Nc3ccc(N4CCN(C5CC6CCC5C6)CC4)cc3)nc2N)c2ccccc2n1. The van der Waals surface area contributed by atoms with E-state index in [0.29, 0.717) is 17.6 Å². The van der Waals surface area contributed by atoms with E-state index in [4.69, 9.17) is 5.73 Å². The number of nitrogens with two attached hydrogens (primary N) is 1. The van der Waals surface area contributed by atoms with Gasteiger partial charge in [0.25, 0.3) is 0 Å². The molecule has 4 aromatic rings. The fourth-order valence-corrected chi connectivity index (χ4v) is 6.72. The Hall–Kier alpha value is -3.72. The number of aromatic nitrogens is 5. The van der Waals surface area contributed by atoms with Gasteiger partial charge in [0.15, 0.2) is 5.82 Å². The molecule has 2 bridgehead atoms. The van der Waals surface area contributed by atoms with Crippen LogP contribution in [0.25, 0.3) is 16.7 Å². The van der Waals surface area contributed by atoms with Crippen LogP contribution in [0.4, 0.5) is 23.3 Å². The maximum absolute atomic E-state index is 6.24. The molecular weight excluding hydrogens is 462 g/mol. The van der Waals surface area contributed by atoms with Gasteiger partial charge in [-0.15, -0.1) is 5.10 Å². The van der Waals surface area contributed by atoms with Gasteiger partial charge in [-0.2, -0.15) is 9.67 Å². The molecule has 9 nitrogen and oxygen atoms in total. The van der Waals surface area contributed by atoms with Gasteiger partial charge >= 0.3 is 0 Å². The zero-order valence-corrected chi connectivity index (χ0v) is 21.2. The quantitative estimate of drug-likeness (QED) is 0.426. The Morgan fingerprint density at radius 2 is 1.70 bits per heavy atom. The molecule has 3 fully saturated rings. The topological polar surface area (TPSA) is 101 Å². The second-order valence-corrected chi connectivity index (χ2v) is 10.8. The van der Waals surface area contributed by atoms with E-state index in [-0.39, 0.29) is 5.95 Å². The first kappa shape index (κ1) is 22.5. The molecule has 190 valence electrons. The molecule has 2 aromatic heterocycles. The largest absolute Gasteiger partial charge is 0.369 e. The van der Waals surface area contributed by atoms with Crippen molar-refractivity contribution < 1.29 is 0 Å². The number of nitrogens with zero attached hydrogens (tertiary/aromatic N) is 7. The van der Waals surface area contributed by atoms with Crippen molar-refractivity contribution in [3.8, 4) is 5.82 Å². The molecule has 0 amide bonds. The van der Waals surface area contributed by atoms with Gasteiger partial charge in [0.2, 0.25) is 11.9 Å². The molecular formula is C28H33N9. The van der Waals surface area contributed by atoms with Crippen molar-refractivity contribution in [2.75, 3.05) is 42.1 Å². The van der Waals surface area contributed by atoms with Crippen molar-refractivity contribution in [2.24, 2.45) is 11.8 Å². The maximum atomic E-state index is 6.24. The summed E-state index contributed by atoms with van der Waals surface area (Å²) >= 11 is 0. The van der Waals surface area contributed by atoms with Crippen LogP contribution in [-0.4, -0.2) is 61.9 Å². The lowest BCUT2D eigenvalue weighted by Crippen LogP contribution is -2.51. The predicted molar refractivity (Wildman–Crippen MR) is 146 cm³/mol. The van der Waals surface area contributed by atoms with E-state index in [2.05, 4.69) is 59.4 Å². The summed E-state index contributed by atoms with van der Waals surface area (Å²) in [6, 6.07) is 17.2. The Balaban J connectivity index is 1.03. The van der Waals surface area contributed by atoms with Gasteiger partial charge in [0, 0.05) is 49.0 Å². The number of aryl methyl sites for hydroxylation is 1. The van der Waals surface area contributed by atoms with Gasteiger partial charge in [-0.25, -0.2) is 9.97 Å². The molecule has 3 unspecified atom stereocenters. The Bertz CT molecular complexity index is 1420. The average Bonchev–Trinajstić information content (AvgIpc) is 3.65. The first-order valence-corrected chi connectivity index (χ1v) is 13.4. The third-order valence-electron chi connectivity index (χ3n) is 8.50. The summed E-state index contributed by atoms with van der Waals surface area (Å²) in [4.78, 5) is 18.8. The average molecular weight is 496 g/mol. The Morgan fingerprint density at radius 3 is 2.46 bits per heavy atom. The Kier molecular flexibility index (Phi) is 5.46. The summed E-state index contributed by atoms with van der Waals surface area (Å²) < 4.78 is 1.57. The molecule has 0 radical (unpaired) electrons. The number of nitrogens with one attached hydrogen (secondary N) is 1. The number of rotatable bonds is 5. The van der Waals surface area contributed by atoms with Crippen LogP contribution in [0.3, 0.4) is 0 Å². The molecule has 3 atom stereocenters. The molecule has 1 saturated heterocycles. The first-order valence-electron chi connectivity index (χ1n) is 13.4. The molecule has 9 heteroatoms. The van der Waals surface area contributed by atoms with Gasteiger partial charge in [-0.1, -0.05) is 18.6 Å². The summed E-state index contributed by atoms with van der Waals surface area (Å²) in [5, 5.41) is 8.77. The molecule has 0 spiro atoms. The number of piperazine rings is 1. The summed E-state index contributed by atoms with van der Waals surface area (Å²) in [6.07, 6.45) is 5.85. The first-order chi connectivity index (χ1) is 18.1. The lowest BCUT2D eigenvalue weighted by Gasteiger charge is -2.41. The highest BCUT2D eigenvalue weighted by molar-refractivity contribution is 5.85. The standard InChI is InChI=1S/C28H33N9/c1-18-30-24-5-3-2-4-23(24)26(31-18)37-27(29)33-28(34-37)32-21-8-10-22(11-9-21)35-12-14-36(15-13-35)25-17-19-6-7-20(25)16-19/h2-5,8-11,19-20,25H,6-7,12-17H2,1H3,(H3,29,32,33,34). The molecule has 3 aliphatic rings. The molecule has 2 aliphatic carbocycles. The molecule has 2 saturated carbocycles. The van der Waals surface area contributed by atoms with Crippen LogP contribution in [0, 0.1) is 18.8 Å². The Morgan fingerprint density at radius 1 is 0.892 bits per heavy atom. The second-order valence-electron chi connectivity index (χ2n) is 10.8. The predicted octanol–water partition coefficient (Wildman–Crippen LogP) is 4.16. The molecule has 37 heavy (non-hydrogen) atoms. The van der Waals surface area contributed by atoms with Gasteiger partial charge in [0.05, 0.1) is 5.52 Å². The number of nitrogen functional groups attached to an aromatic ring is 1. The molecule has 1 aliphatic heterocycles. The number of benzene rings is 2. The number of anilines is 4. The van der Waals surface area contributed by atoms with Crippen molar-refractivity contribution in [3.63, 3.8) is 0 Å². The van der Waals surface area contributed by atoms with E-state index < -0.39 is 0 Å². The summed E-state index contributed by atoms with van der Waals surface area (Å²) in [6.45, 7) is 6.39. The van der Waals surface area contributed by atoms with E-state index >= 15 is 0 Å². The van der Waals surface area contributed by atoms with E-state index in [0.717, 1.165) is 47.6 Å². The van der Waals surface area contributed by atoms with Crippen LogP contribution in [0.1, 0.15) is 31.5 Å². The third-order valence-corrected chi connectivity index (χ3v) is 8.50. The van der Waals surface area contributed by atoms with Gasteiger partial charge in [0.1, 0.15) is 5.82 Å². The van der Waals surface area contributed by atoms with Gasteiger partial charge in [-0.3, -0.25) is 4.90 Å². The fourth-order valence-electron chi connectivity index (χ4n) is 6.72. The Labute approximate surface area is 216 Å². The number of para-hydroxylation sites is 1. The van der Waals surface area contributed by atoms with Crippen molar-refractivity contribution >= 4 is 34.2 Å². The van der Waals surface area contributed by atoms with Crippen LogP contribution >= 0.6 is 0 Å². The summed E-state index contributed by atoms with van der Waals surface area (Å²) in [5.41, 5.74) is 9.28. The lowest BCUT2D eigenvalue weighted by atomic mass is 9.93. The van der Waals surface area contributed by atoms with Crippen LogP contribution in [0.2, 0.25) is 0 Å². The van der Waals surface area contributed by atoms with Crippen molar-refractivity contribution in [1.82, 2.24) is 29.6 Å². The molecule has 2 aromatic carbocycles. The van der Waals surface area contributed by atoms with Crippen LogP contribution in [-0.2, 0) is 0 Å². The van der Waals surface area contributed by atoms with E-state index in [1.54, 1.807) is 4.68 Å². The highest BCUT2D eigenvalue weighted by Gasteiger charge is 2.42. The monoisotopic (exact) mass is 495 g/mol. The second kappa shape index (κ2) is 8.99. The minimum atomic E-state index is 0.274. The summed E-state index contributed by atoms with van der Waals surface area (Å²) in [7, 11) is 0. The molecule has 7 rings (SSSR count). The van der Waals surface area contributed by atoms with Crippen LogP contribution in [0.15, 0.2) is 48.5 Å². The van der Waals surface area contributed by atoms with Crippen molar-refractivity contribution in [2.45, 2.75) is 38.6 Å². The van der Waals surface area contributed by atoms with Crippen molar-refractivity contribution in [1.29, 1.82) is 0 Å². The number of hydrogen-bond acceptors (Lipinski definition) is 8. The van der Waals surface area contributed by atoms with Crippen molar-refractivity contribution in [3.05, 3.63) is 54.4 Å². The number of fused-ring (bicyclic) bond motifs is 3. The smallest absolute Gasteiger partial charge is 0.248 e. The fraction of sp³-hybridized carbons (Fsp3) is 0.429. The highest BCUT2D eigenvalue weighted by atomic mass is 15.4. The minimum Gasteiger partial charge on any atom is -0.369 e. The zero-order valence-electron chi connectivity index (χ0n) is 21.2. The summed E-state index contributed by atoms with van der Waals surface area (Å²) in [5.74, 6) is 3.96. The van der Waals surface area contributed by atoms with E-state index in [9.17, 15) is 0 Å². The van der Waals surface area contributed by atoms with Crippen LogP contribution < -0.4 is 16.0 Å². The van der Waals surface area contributed by atoms with Crippen LogP contribution in [0.5, 0.6) is 0 Å². The highest BCUT2D eigenvalue weighted by Crippen LogP contribution is 2.46. The van der Waals surface area contributed by atoms with Gasteiger partial charge < -0.3 is 16.0 Å². The van der Waals surface area contributed by atoms with Gasteiger partial charge in [-0.05, 0) is 74.4 Å². The van der Waals surface area contributed by atoms with E-state index in [1.165, 1.54) is 44.5 Å². The third kappa shape index (κ3) is 4.17. The normalized spacial score (nSPS) is 23.7. The maximum Gasteiger partial charge on any atom is 0.248 e. The number of hydrogen-bond donors (Lipinski definition) is 2.